The number of rotatable bonds is 0. The predicted molar refractivity (Wildman–Crippen MR) is 96.1 cm³/mol. The molecular weight excluding hydrogens is 280 g/mol. The summed E-state index contributed by atoms with van der Waals surface area (Å²) >= 11 is 0. The van der Waals surface area contributed by atoms with E-state index in [9.17, 15) is 5.11 Å². The lowest BCUT2D eigenvalue weighted by atomic mass is 9.44. The van der Waals surface area contributed by atoms with Crippen LogP contribution in [-0.4, -0.2) is 11.2 Å². The molecule has 4 aliphatic carbocycles. The van der Waals surface area contributed by atoms with Gasteiger partial charge in [-0.3, -0.25) is 0 Å². The van der Waals surface area contributed by atoms with Crippen LogP contribution >= 0.6 is 0 Å². The van der Waals surface area contributed by atoms with Crippen LogP contribution in [0, 0.1) is 45.8 Å². The summed E-state index contributed by atoms with van der Waals surface area (Å²) in [6.07, 6.45) is 11.1. The molecule has 0 aromatic heterocycles. The van der Waals surface area contributed by atoms with Crippen molar-refractivity contribution in [3.8, 4) is 0 Å². The quantitative estimate of drug-likeness (QED) is 0.611. The molecule has 1 N–H and O–H groups in total. The van der Waals surface area contributed by atoms with Gasteiger partial charge in [-0.2, -0.15) is 0 Å². The number of hydrogen-bond acceptors (Lipinski definition) is 1. The van der Waals surface area contributed by atoms with Crippen LogP contribution in [0.15, 0.2) is 0 Å². The molecule has 0 aromatic rings. The second-order valence-corrected chi connectivity index (χ2v) is 11.2. The van der Waals surface area contributed by atoms with E-state index in [1.807, 2.05) is 0 Å². The van der Waals surface area contributed by atoms with E-state index in [-0.39, 0.29) is 16.9 Å². The topological polar surface area (TPSA) is 20.2 Å². The number of fused-ring (bicyclic) bond motifs is 5. The van der Waals surface area contributed by atoms with Gasteiger partial charge in [-0.25, -0.2) is 0 Å². The molecule has 3 unspecified atom stereocenters. The zero-order chi connectivity index (χ0) is 16.6. The lowest BCUT2D eigenvalue weighted by molar-refractivity contribution is -0.128. The van der Waals surface area contributed by atoms with Crippen LogP contribution in [0.1, 0.15) is 86.0 Å². The molecule has 1 heteroatoms. The first kappa shape index (κ1) is 16.4. The minimum atomic E-state index is -0.0992. The molecule has 132 valence electrons. The van der Waals surface area contributed by atoms with Crippen molar-refractivity contribution in [3.05, 3.63) is 0 Å². The molecular formula is C22H38O. The van der Waals surface area contributed by atoms with Gasteiger partial charge in [-0.1, -0.05) is 41.0 Å². The normalized spacial score (nSPS) is 58.2. The van der Waals surface area contributed by atoms with E-state index in [0.717, 1.165) is 29.6 Å². The first-order valence-corrected chi connectivity index (χ1v) is 10.4. The van der Waals surface area contributed by atoms with E-state index in [2.05, 4.69) is 34.6 Å². The van der Waals surface area contributed by atoms with Crippen LogP contribution in [0.25, 0.3) is 0 Å². The van der Waals surface area contributed by atoms with Crippen molar-refractivity contribution in [1.82, 2.24) is 0 Å². The number of hydrogen-bond donors (Lipinski definition) is 1. The summed E-state index contributed by atoms with van der Waals surface area (Å²) in [6.45, 7) is 12.2. The predicted octanol–water partition coefficient (Wildman–Crippen LogP) is 5.66. The Bertz CT molecular complexity index is 482. The maximum atomic E-state index is 11.0. The highest BCUT2D eigenvalue weighted by molar-refractivity contribution is 5.12. The first-order valence-electron chi connectivity index (χ1n) is 10.4. The minimum Gasteiger partial charge on any atom is -0.392 e. The molecule has 0 radical (unpaired) electrons. The maximum absolute atomic E-state index is 11.0. The van der Waals surface area contributed by atoms with E-state index in [4.69, 9.17) is 0 Å². The van der Waals surface area contributed by atoms with Gasteiger partial charge in [-0.15, -0.1) is 0 Å². The van der Waals surface area contributed by atoms with Gasteiger partial charge < -0.3 is 5.11 Å². The SMILES string of the molecule is CC1CC[C@@]2(C)C(CC[C@@H]3[C@H]2CC[C@]2(C)C(O)C(C)(C)C[C@@H]32)C1. The standard InChI is InChI=1S/C22H38O/c1-14-8-10-21(4)15(12-14)6-7-16-17(21)9-11-22(5)18(16)13-20(2,3)19(22)23/h14-19,23H,6-13H2,1-5H3/t14?,15?,16-,17-,18+,19?,21+,22+/m1/s1. The zero-order valence-electron chi connectivity index (χ0n) is 16.1. The highest BCUT2D eigenvalue weighted by atomic mass is 16.3. The molecule has 0 saturated heterocycles. The second-order valence-electron chi connectivity index (χ2n) is 11.2. The van der Waals surface area contributed by atoms with Gasteiger partial charge in [-0.05, 0) is 90.8 Å². The van der Waals surface area contributed by atoms with Crippen molar-refractivity contribution < 1.29 is 5.11 Å². The highest BCUT2D eigenvalue weighted by Gasteiger charge is 2.63. The Kier molecular flexibility index (Phi) is 3.57. The van der Waals surface area contributed by atoms with Crippen molar-refractivity contribution in [2.45, 2.75) is 92.1 Å². The summed E-state index contributed by atoms with van der Waals surface area (Å²) in [4.78, 5) is 0. The first-order chi connectivity index (χ1) is 10.7. The Balaban J connectivity index is 1.65. The van der Waals surface area contributed by atoms with E-state index in [1.54, 1.807) is 0 Å². The van der Waals surface area contributed by atoms with Crippen molar-refractivity contribution in [1.29, 1.82) is 0 Å². The summed E-state index contributed by atoms with van der Waals surface area (Å²) in [5.74, 6) is 4.53. The largest absolute Gasteiger partial charge is 0.392 e. The Hall–Kier alpha value is -0.0400. The van der Waals surface area contributed by atoms with E-state index in [0.29, 0.717) is 5.41 Å². The molecule has 4 fully saturated rings. The summed E-state index contributed by atoms with van der Waals surface area (Å²) in [5.41, 5.74) is 0.914. The van der Waals surface area contributed by atoms with Crippen LogP contribution < -0.4 is 0 Å². The summed E-state index contributed by atoms with van der Waals surface area (Å²) < 4.78 is 0. The average molecular weight is 319 g/mol. The molecule has 0 spiro atoms. The minimum absolute atomic E-state index is 0.0992. The van der Waals surface area contributed by atoms with Gasteiger partial charge in [0.05, 0.1) is 6.10 Å². The zero-order valence-corrected chi connectivity index (χ0v) is 16.1. The van der Waals surface area contributed by atoms with Gasteiger partial charge in [0.25, 0.3) is 0 Å². The molecule has 8 atom stereocenters. The lowest BCUT2D eigenvalue weighted by Crippen LogP contribution is -2.54. The van der Waals surface area contributed by atoms with Gasteiger partial charge in [0, 0.05) is 0 Å². The molecule has 4 rings (SSSR count). The number of aliphatic hydroxyl groups excluding tert-OH is 1. The maximum Gasteiger partial charge on any atom is 0.0647 e. The molecule has 4 saturated carbocycles. The van der Waals surface area contributed by atoms with Crippen molar-refractivity contribution in [2.24, 2.45) is 45.8 Å². The fourth-order valence-corrected chi connectivity index (χ4v) is 8.12. The molecule has 0 aliphatic heterocycles. The van der Waals surface area contributed by atoms with Gasteiger partial charge in [0.15, 0.2) is 0 Å². The molecule has 23 heavy (non-hydrogen) atoms. The van der Waals surface area contributed by atoms with Gasteiger partial charge in [0.1, 0.15) is 0 Å². The molecule has 0 heterocycles. The summed E-state index contributed by atoms with van der Waals surface area (Å²) in [5, 5.41) is 11.0. The highest BCUT2D eigenvalue weighted by Crippen LogP contribution is 2.68. The monoisotopic (exact) mass is 318 g/mol. The molecule has 1 nitrogen and oxygen atoms in total. The fourth-order valence-electron chi connectivity index (χ4n) is 8.12. The Morgan fingerprint density at radius 3 is 2.26 bits per heavy atom. The van der Waals surface area contributed by atoms with E-state index >= 15 is 0 Å². The number of aliphatic hydroxyl groups is 1. The third-order valence-electron chi connectivity index (χ3n) is 9.48. The van der Waals surface area contributed by atoms with Crippen LogP contribution in [0.5, 0.6) is 0 Å². The smallest absolute Gasteiger partial charge is 0.0647 e. The second kappa shape index (κ2) is 4.99. The van der Waals surface area contributed by atoms with Gasteiger partial charge >= 0.3 is 0 Å². The van der Waals surface area contributed by atoms with Crippen LogP contribution in [0.2, 0.25) is 0 Å². The van der Waals surface area contributed by atoms with Crippen molar-refractivity contribution in [2.75, 3.05) is 0 Å². The third kappa shape index (κ3) is 2.14. The van der Waals surface area contributed by atoms with Crippen molar-refractivity contribution >= 4 is 0 Å². The van der Waals surface area contributed by atoms with E-state index in [1.165, 1.54) is 51.4 Å². The molecule has 4 aliphatic rings. The molecule has 0 bridgehead atoms. The molecule has 0 amide bonds. The Morgan fingerprint density at radius 1 is 0.826 bits per heavy atom. The third-order valence-corrected chi connectivity index (χ3v) is 9.48. The van der Waals surface area contributed by atoms with E-state index < -0.39 is 0 Å². The fraction of sp³-hybridized carbons (Fsp3) is 1.00. The van der Waals surface area contributed by atoms with Crippen LogP contribution in [-0.2, 0) is 0 Å². The van der Waals surface area contributed by atoms with Crippen LogP contribution in [0.3, 0.4) is 0 Å². The molecule has 0 aromatic carbocycles. The Morgan fingerprint density at radius 2 is 1.52 bits per heavy atom. The lowest BCUT2D eigenvalue weighted by Gasteiger charge is -2.60. The van der Waals surface area contributed by atoms with Crippen molar-refractivity contribution in [3.63, 3.8) is 0 Å². The Labute approximate surface area is 143 Å². The average Bonchev–Trinajstić information content (AvgIpc) is 2.68. The van der Waals surface area contributed by atoms with Gasteiger partial charge in [0.2, 0.25) is 0 Å². The summed E-state index contributed by atoms with van der Waals surface area (Å²) in [6, 6.07) is 0. The summed E-state index contributed by atoms with van der Waals surface area (Å²) in [7, 11) is 0. The van der Waals surface area contributed by atoms with Crippen LogP contribution in [0.4, 0.5) is 0 Å².